The van der Waals surface area contributed by atoms with Gasteiger partial charge in [0.05, 0.1) is 6.61 Å². The maximum Gasteiger partial charge on any atom is 0.0716 e. The molecule has 15 heavy (non-hydrogen) atoms. The third-order valence-electron chi connectivity index (χ3n) is 2.97. The van der Waals surface area contributed by atoms with Gasteiger partial charge in [-0.3, -0.25) is 0 Å². The molecular formula is C14H22O. The third-order valence-corrected chi connectivity index (χ3v) is 2.97. The van der Waals surface area contributed by atoms with E-state index in [4.69, 9.17) is 4.74 Å². The zero-order valence-corrected chi connectivity index (χ0v) is 10.1. The van der Waals surface area contributed by atoms with E-state index in [1.54, 1.807) is 0 Å². The molecule has 0 saturated carbocycles. The maximum absolute atomic E-state index is 5.64. The lowest BCUT2D eigenvalue weighted by Crippen LogP contribution is -2.07. The van der Waals surface area contributed by atoms with Crippen LogP contribution in [0.4, 0.5) is 0 Å². The van der Waals surface area contributed by atoms with Crippen molar-refractivity contribution in [3.8, 4) is 0 Å². The SMILES string of the molecule is CC(C)C(C)CCOCc1ccccc1. The van der Waals surface area contributed by atoms with Crippen molar-refractivity contribution in [3.63, 3.8) is 0 Å². The van der Waals surface area contributed by atoms with Gasteiger partial charge in [0.2, 0.25) is 0 Å². The maximum atomic E-state index is 5.64. The third kappa shape index (κ3) is 4.98. The molecule has 0 heterocycles. The predicted octanol–water partition coefficient (Wildman–Crippen LogP) is 3.89. The Balaban J connectivity index is 2.12. The summed E-state index contributed by atoms with van der Waals surface area (Å²) < 4.78 is 5.64. The van der Waals surface area contributed by atoms with E-state index >= 15 is 0 Å². The Morgan fingerprint density at radius 1 is 1.07 bits per heavy atom. The van der Waals surface area contributed by atoms with Crippen LogP contribution >= 0.6 is 0 Å². The average molecular weight is 206 g/mol. The van der Waals surface area contributed by atoms with Gasteiger partial charge in [-0.1, -0.05) is 51.1 Å². The van der Waals surface area contributed by atoms with Crippen molar-refractivity contribution >= 4 is 0 Å². The van der Waals surface area contributed by atoms with Gasteiger partial charge in [-0.05, 0) is 23.8 Å². The summed E-state index contributed by atoms with van der Waals surface area (Å²) >= 11 is 0. The lowest BCUT2D eigenvalue weighted by atomic mass is 9.95. The first kappa shape index (κ1) is 12.3. The van der Waals surface area contributed by atoms with Crippen molar-refractivity contribution in [2.75, 3.05) is 6.61 Å². The van der Waals surface area contributed by atoms with Crippen LogP contribution in [0.3, 0.4) is 0 Å². The minimum atomic E-state index is 0.742. The van der Waals surface area contributed by atoms with Crippen LogP contribution in [0.2, 0.25) is 0 Å². The Hall–Kier alpha value is -0.820. The molecule has 0 aliphatic heterocycles. The first-order valence-corrected chi connectivity index (χ1v) is 5.82. The second-order valence-corrected chi connectivity index (χ2v) is 4.55. The second-order valence-electron chi connectivity index (χ2n) is 4.55. The topological polar surface area (TPSA) is 9.23 Å². The Labute approximate surface area is 93.5 Å². The van der Waals surface area contributed by atoms with E-state index in [1.807, 2.05) is 6.07 Å². The van der Waals surface area contributed by atoms with Gasteiger partial charge in [-0.15, -0.1) is 0 Å². The Kier molecular flexibility index (Phi) is 5.41. The Morgan fingerprint density at radius 3 is 2.33 bits per heavy atom. The number of benzene rings is 1. The summed E-state index contributed by atoms with van der Waals surface area (Å²) in [6.07, 6.45) is 1.16. The molecule has 1 atom stereocenters. The van der Waals surface area contributed by atoms with Gasteiger partial charge < -0.3 is 4.74 Å². The molecule has 0 aliphatic rings. The quantitative estimate of drug-likeness (QED) is 0.642. The standard InChI is InChI=1S/C14H22O/c1-12(2)13(3)9-10-15-11-14-7-5-4-6-8-14/h4-8,12-13H,9-11H2,1-3H3. The Bertz CT molecular complexity index is 253. The molecule has 0 spiro atoms. The molecule has 1 unspecified atom stereocenters. The first-order valence-electron chi connectivity index (χ1n) is 5.82. The van der Waals surface area contributed by atoms with E-state index < -0.39 is 0 Å². The van der Waals surface area contributed by atoms with Crippen molar-refractivity contribution in [2.24, 2.45) is 11.8 Å². The fourth-order valence-electron chi connectivity index (χ4n) is 1.37. The molecule has 0 saturated heterocycles. The monoisotopic (exact) mass is 206 g/mol. The molecule has 1 nitrogen and oxygen atoms in total. The first-order chi connectivity index (χ1) is 7.20. The van der Waals surface area contributed by atoms with Gasteiger partial charge in [0, 0.05) is 6.61 Å². The highest BCUT2D eigenvalue weighted by Crippen LogP contribution is 2.14. The van der Waals surface area contributed by atoms with Gasteiger partial charge in [0.1, 0.15) is 0 Å². The molecular weight excluding hydrogens is 184 g/mol. The van der Waals surface area contributed by atoms with Gasteiger partial charge in [-0.2, -0.15) is 0 Å². The molecule has 0 aromatic heterocycles. The lowest BCUT2D eigenvalue weighted by molar-refractivity contribution is 0.103. The second kappa shape index (κ2) is 6.62. The number of rotatable bonds is 6. The van der Waals surface area contributed by atoms with E-state index in [2.05, 4.69) is 45.0 Å². The summed E-state index contributed by atoms with van der Waals surface area (Å²) in [5.74, 6) is 1.51. The molecule has 0 bridgehead atoms. The van der Waals surface area contributed by atoms with Crippen molar-refractivity contribution < 1.29 is 4.74 Å². The molecule has 84 valence electrons. The van der Waals surface area contributed by atoms with Crippen LogP contribution in [0.25, 0.3) is 0 Å². The summed E-state index contributed by atoms with van der Waals surface area (Å²) in [5.41, 5.74) is 1.26. The van der Waals surface area contributed by atoms with Crippen LogP contribution in [0.5, 0.6) is 0 Å². The molecule has 1 aromatic carbocycles. The van der Waals surface area contributed by atoms with E-state index in [1.165, 1.54) is 5.56 Å². The summed E-state index contributed by atoms with van der Waals surface area (Å²) in [5, 5.41) is 0. The minimum absolute atomic E-state index is 0.742. The summed E-state index contributed by atoms with van der Waals surface area (Å²) in [7, 11) is 0. The zero-order chi connectivity index (χ0) is 11.1. The van der Waals surface area contributed by atoms with Gasteiger partial charge in [0.25, 0.3) is 0 Å². The predicted molar refractivity (Wildman–Crippen MR) is 64.7 cm³/mol. The van der Waals surface area contributed by atoms with Crippen LogP contribution in [0.15, 0.2) is 30.3 Å². The highest BCUT2D eigenvalue weighted by molar-refractivity contribution is 5.13. The van der Waals surface area contributed by atoms with Crippen LogP contribution in [-0.2, 0) is 11.3 Å². The molecule has 0 amide bonds. The summed E-state index contributed by atoms with van der Waals surface area (Å²) in [6.45, 7) is 8.43. The van der Waals surface area contributed by atoms with Crippen LogP contribution in [0, 0.1) is 11.8 Å². The van der Waals surface area contributed by atoms with Gasteiger partial charge in [0.15, 0.2) is 0 Å². The molecule has 0 fully saturated rings. The molecule has 0 N–H and O–H groups in total. The molecule has 0 radical (unpaired) electrons. The van der Waals surface area contributed by atoms with E-state index in [9.17, 15) is 0 Å². The van der Waals surface area contributed by atoms with Gasteiger partial charge >= 0.3 is 0 Å². The number of ether oxygens (including phenoxy) is 1. The van der Waals surface area contributed by atoms with E-state index in [0.717, 1.165) is 31.5 Å². The van der Waals surface area contributed by atoms with E-state index in [-0.39, 0.29) is 0 Å². The van der Waals surface area contributed by atoms with Crippen LogP contribution < -0.4 is 0 Å². The fourth-order valence-corrected chi connectivity index (χ4v) is 1.37. The fraction of sp³-hybridized carbons (Fsp3) is 0.571. The highest BCUT2D eigenvalue weighted by atomic mass is 16.5. The molecule has 1 aromatic rings. The summed E-state index contributed by atoms with van der Waals surface area (Å²) in [4.78, 5) is 0. The number of hydrogen-bond acceptors (Lipinski definition) is 1. The Morgan fingerprint density at radius 2 is 1.73 bits per heavy atom. The van der Waals surface area contributed by atoms with E-state index in [0.29, 0.717) is 0 Å². The van der Waals surface area contributed by atoms with Crippen LogP contribution in [0.1, 0.15) is 32.8 Å². The average Bonchev–Trinajstić information content (AvgIpc) is 2.25. The van der Waals surface area contributed by atoms with Crippen LogP contribution in [-0.4, -0.2) is 6.61 Å². The summed E-state index contributed by atoms with van der Waals surface area (Å²) in [6, 6.07) is 10.3. The smallest absolute Gasteiger partial charge is 0.0716 e. The van der Waals surface area contributed by atoms with Crippen molar-refractivity contribution in [3.05, 3.63) is 35.9 Å². The molecule has 1 rings (SSSR count). The zero-order valence-electron chi connectivity index (χ0n) is 10.1. The molecule has 1 heteroatoms. The highest BCUT2D eigenvalue weighted by Gasteiger charge is 2.06. The van der Waals surface area contributed by atoms with Gasteiger partial charge in [-0.25, -0.2) is 0 Å². The number of hydrogen-bond donors (Lipinski definition) is 0. The lowest BCUT2D eigenvalue weighted by Gasteiger charge is -2.15. The minimum Gasteiger partial charge on any atom is -0.377 e. The largest absolute Gasteiger partial charge is 0.377 e. The van der Waals surface area contributed by atoms with Crippen molar-refractivity contribution in [1.82, 2.24) is 0 Å². The van der Waals surface area contributed by atoms with Crippen molar-refractivity contribution in [2.45, 2.75) is 33.8 Å². The van der Waals surface area contributed by atoms with Crippen molar-refractivity contribution in [1.29, 1.82) is 0 Å². The molecule has 0 aliphatic carbocycles. The normalized spacial score (nSPS) is 13.1.